The largest absolute Gasteiger partial charge is 0.478 e. The second kappa shape index (κ2) is 12.3. The van der Waals surface area contributed by atoms with Crippen molar-refractivity contribution in [3.8, 4) is 5.88 Å². The molecule has 2 aromatic heterocycles. The van der Waals surface area contributed by atoms with Crippen LogP contribution in [0.5, 0.6) is 5.88 Å². The highest BCUT2D eigenvalue weighted by Gasteiger charge is 2.26. The minimum absolute atomic E-state index is 0.00662. The molecule has 9 nitrogen and oxygen atoms in total. The van der Waals surface area contributed by atoms with Crippen LogP contribution in [-0.4, -0.2) is 65.4 Å². The lowest BCUT2D eigenvalue weighted by Gasteiger charge is -2.32. The van der Waals surface area contributed by atoms with Crippen LogP contribution in [0, 0.1) is 5.92 Å². The lowest BCUT2D eigenvalue weighted by atomic mass is 9.95. The highest BCUT2D eigenvalue weighted by atomic mass is 19.1. The summed E-state index contributed by atoms with van der Waals surface area (Å²) in [6.07, 6.45) is 12.6. The number of aliphatic imine (C=N–C) groups is 1. The number of piperidine rings is 1. The second-order valence-electron chi connectivity index (χ2n) is 9.71. The first-order valence-electron chi connectivity index (χ1n) is 13.3. The molecular formula is C28H34FN7O2. The van der Waals surface area contributed by atoms with Crippen molar-refractivity contribution in [2.45, 2.75) is 38.1 Å². The van der Waals surface area contributed by atoms with E-state index < -0.39 is 0 Å². The highest BCUT2D eigenvalue weighted by Crippen LogP contribution is 2.25. The minimum atomic E-state index is -0.230. The number of ether oxygens (including phenoxy) is 1. The number of carbonyl (C=O) groups is 1. The summed E-state index contributed by atoms with van der Waals surface area (Å²) in [7, 11) is 0. The number of nitrogens with two attached hydrogens (primary N) is 1. The van der Waals surface area contributed by atoms with E-state index in [1.807, 2.05) is 24.3 Å². The van der Waals surface area contributed by atoms with Crippen LogP contribution in [0.25, 0.3) is 11.0 Å². The maximum Gasteiger partial charge on any atom is 0.227 e. The van der Waals surface area contributed by atoms with Gasteiger partial charge in [0.2, 0.25) is 11.8 Å². The summed E-state index contributed by atoms with van der Waals surface area (Å²) in [6, 6.07) is 5.26. The van der Waals surface area contributed by atoms with Gasteiger partial charge in [-0.25, -0.2) is 9.37 Å². The first-order chi connectivity index (χ1) is 18.6. The summed E-state index contributed by atoms with van der Waals surface area (Å²) in [4.78, 5) is 29.1. The monoisotopic (exact) mass is 519 g/mol. The number of halogens is 1. The number of amidine groups is 1. The molecule has 10 heteroatoms. The Balaban J connectivity index is 1.13. The van der Waals surface area contributed by atoms with Crippen LogP contribution in [0.1, 0.15) is 32.1 Å². The Labute approximate surface area is 221 Å². The van der Waals surface area contributed by atoms with Crippen LogP contribution in [0.4, 0.5) is 10.1 Å². The topological polar surface area (TPSA) is 118 Å². The predicted octanol–water partition coefficient (Wildman–Crippen LogP) is 3.47. The van der Waals surface area contributed by atoms with E-state index in [0.717, 1.165) is 44.7 Å². The summed E-state index contributed by atoms with van der Waals surface area (Å²) in [5.74, 6) is 0.968. The average Bonchev–Trinajstić information content (AvgIpc) is 2.94. The first kappa shape index (κ1) is 26.0. The molecule has 0 saturated carbocycles. The van der Waals surface area contributed by atoms with Gasteiger partial charge in [-0.3, -0.25) is 14.8 Å². The molecule has 4 N–H and O–H groups in total. The molecule has 1 amide bonds. The van der Waals surface area contributed by atoms with Crippen LogP contribution in [-0.2, 0) is 4.79 Å². The molecule has 4 heterocycles. The number of pyridine rings is 2. The molecule has 1 unspecified atom stereocenters. The van der Waals surface area contributed by atoms with Gasteiger partial charge in [-0.15, -0.1) is 0 Å². The van der Waals surface area contributed by atoms with E-state index >= 15 is 0 Å². The fourth-order valence-corrected chi connectivity index (χ4v) is 4.85. The van der Waals surface area contributed by atoms with E-state index in [-0.39, 0.29) is 23.7 Å². The molecule has 2 aliphatic heterocycles. The zero-order valence-electron chi connectivity index (χ0n) is 21.4. The third-order valence-corrected chi connectivity index (χ3v) is 6.98. The van der Waals surface area contributed by atoms with Gasteiger partial charge in [0, 0.05) is 31.1 Å². The van der Waals surface area contributed by atoms with Gasteiger partial charge < -0.3 is 26.0 Å². The molecular weight excluding hydrogens is 485 g/mol. The molecule has 1 aliphatic carbocycles. The van der Waals surface area contributed by atoms with Gasteiger partial charge in [-0.1, -0.05) is 12.2 Å². The molecule has 2 bridgehead atoms. The van der Waals surface area contributed by atoms with Crippen molar-refractivity contribution in [3.63, 3.8) is 0 Å². The van der Waals surface area contributed by atoms with E-state index in [0.29, 0.717) is 54.3 Å². The number of allylic oxidation sites excluding steroid dienone is 3. The molecule has 1 fully saturated rings. The quantitative estimate of drug-likeness (QED) is 0.343. The van der Waals surface area contributed by atoms with E-state index in [4.69, 9.17) is 15.5 Å². The Kier molecular flexibility index (Phi) is 8.40. The number of nitrogens with one attached hydrogen (secondary N) is 2. The third-order valence-electron chi connectivity index (χ3n) is 6.98. The molecule has 2 aromatic rings. The second-order valence-corrected chi connectivity index (χ2v) is 9.71. The first-order valence-corrected chi connectivity index (χ1v) is 13.3. The molecule has 1 atom stereocenters. The van der Waals surface area contributed by atoms with E-state index in [1.165, 1.54) is 0 Å². The van der Waals surface area contributed by atoms with Crippen LogP contribution < -0.4 is 21.1 Å². The standard InChI is InChI=1S/C28H34FN7O2/c29-21-5-2-1-4-20-18-24(21)33-25(32-20)11-16-36-14-9-19(10-15-36)28(37)34-23-8-13-31-22-6-7-26(35-27(22)23)38-17-3-12-30/h1,4-8,13,18-20H,2-3,9-12,14-17,30H2,(H,32,33)(H,31,34,37)/b4-1-,21-5+. The number of rotatable bonds is 9. The van der Waals surface area contributed by atoms with Crippen LogP contribution in [0.15, 0.2) is 65.2 Å². The number of anilines is 1. The number of hydrogen-bond acceptors (Lipinski definition) is 8. The van der Waals surface area contributed by atoms with Crippen molar-refractivity contribution in [2.75, 3.05) is 38.1 Å². The third kappa shape index (κ3) is 6.43. The number of nitrogens with zero attached hydrogens (tertiary/aromatic N) is 4. The summed E-state index contributed by atoms with van der Waals surface area (Å²) >= 11 is 0. The zero-order valence-corrected chi connectivity index (χ0v) is 21.4. The molecule has 1 saturated heterocycles. The van der Waals surface area contributed by atoms with Crippen molar-refractivity contribution >= 4 is 28.5 Å². The van der Waals surface area contributed by atoms with E-state index in [2.05, 4.69) is 25.5 Å². The Morgan fingerprint density at radius 2 is 2.13 bits per heavy atom. The van der Waals surface area contributed by atoms with Gasteiger partial charge in [0.15, 0.2) is 0 Å². The number of carbonyl (C=O) groups excluding carboxylic acids is 1. The van der Waals surface area contributed by atoms with E-state index in [9.17, 15) is 9.18 Å². The van der Waals surface area contributed by atoms with Gasteiger partial charge in [0.05, 0.1) is 29.5 Å². The molecule has 200 valence electrons. The number of fused-ring (bicyclic) bond motifs is 2. The summed E-state index contributed by atoms with van der Waals surface area (Å²) in [5, 5.41) is 6.21. The SMILES string of the molecule is NCCCOc1ccc2nccc(NC(=O)C3CCN(CCC4=NC5C=C(N4)/C(F)=C\C/C=C\5)CC3)c2n1. The molecule has 38 heavy (non-hydrogen) atoms. The van der Waals surface area contributed by atoms with Gasteiger partial charge >= 0.3 is 0 Å². The highest BCUT2D eigenvalue weighted by molar-refractivity contribution is 6.00. The van der Waals surface area contributed by atoms with Crippen molar-refractivity contribution in [3.05, 3.63) is 60.2 Å². The Bertz CT molecular complexity index is 1280. The zero-order chi connectivity index (χ0) is 26.3. The van der Waals surface area contributed by atoms with Crippen molar-refractivity contribution in [2.24, 2.45) is 16.6 Å². The van der Waals surface area contributed by atoms with Gasteiger partial charge in [0.25, 0.3) is 0 Å². The number of likely N-dealkylation sites (tertiary alicyclic amines) is 1. The fourth-order valence-electron chi connectivity index (χ4n) is 4.85. The molecule has 0 aromatic carbocycles. The molecule has 5 rings (SSSR count). The average molecular weight is 520 g/mol. The minimum Gasteiger partial charge on any atom is -0.478 e. The maximum atomic E-state index is 14.3. The number of aromatic nitrogens is 2. The Morgan fingerprint density at radius 3 is 2.97 bits per heavy atom. The van der Waals surface area contributed by atoms with E-state index in [1.54, 1.807) is 24.4 Å². The van der Waals surface area contributed by atoms with Crippen molar-refractivity contribution in [1.82, 2.24) is 20.2 Å². The smallest absolute Gasteiger partial charge is 0.227 e. The summed E-state index contributed by atoms with van der Waals surface area (Å²) in [5.41, 5.74) is 7.98. The number of amides is 1. The summed E-state index contributed by atoms with van der Waals surface area (Å²) < 4.78 is 20.0. The normalized spacial score (nSPS) is 22.3. The van der Waals surface area contributed by atoms with Crippen LogP contribution in [0.2, 0.25) is 0 Å². The lowest BCUT2D eigenvalue weighted by Crippen LogP contribution is -2.40. The predicted molar refractivity (Wildman–Crippen MR) is 147 cm³/mol. The van der Waals surface area contributed by atoms with Crippen molar-refractivity contribution < 1.29 is 13.9 Å². The van der Waals surface area contributed by atoms with Crippen molar-refractivity contribution in [1.29, 1.82) is 0 Å². The van der Waals surface area contributed by atoms with Gasteiger partial charge in [-0.05, 0) is 69.6 Å². The van der Waals surface area contributed by atoms with Crippen LogP contribution >= 0.6 is 0 Å². The lowest BCUT2D eigenvalue weighted by molar-refractivity contribution is -0.121. The van der Waals surface area contributed by atoms with Gasteiger partial charge in [0.1, 0.15) is 17.2 Å². The molecule has 3 aliphatic rings. The summed E-state index contributed by atoms with van der Waals surface area (Å²) in [6.45, 7) is 3.48. The Morgan fingerprint density at radius 1 is 1.26 bits per heavy atom. The number of hydrogen-bond donors (Lipinski definition) is 3. The Hall–Kier alpha value is -3.63. The van der Waals surface area contributed by atoms with Gasteiger partial charge in [-0.2, -0.15) is 0 Å². The molecule has 0 spiro atoms. The van der Waals surface area contributed by atoms with Crippen LogP contribution in [0.3, 0.4) is 0 Å². The molecule has 0 radical (unpaired) electrons. The fraction of sp³-hybridized carbons (Fsp3) is 0.429. The maximum absolute atomic E-state index is 14.3.